The van der Waals surface area contributed by atoms with Crippen LogP contribution in [0, 0.1) is 0 Å². The number of hydrogen-bond donors (Lipinski definition) is 0. The first kappa shape index (κ1) is 11.5. The van der Waals surface area contributed by atoms with Gasteiger partial charge in [0.25, 0.3) is 0 Å². The third-order valence-electron chi connectivity index (χ3n) is 2.44. The maximum atomic E-state index is 11.3. The van der Waals surface area contributed by atoms with E-state index in [1.165, 1.54) is 0 Å². The minimum atomic E-state index is -0.279. The van der Waals surface area contributed by atoms with E-state index >= 15 is 0 Å². The van der Waals surface area contributed by atoms with Crippen LogP contribution in [-0.4, -0.2) is 18.4 Å². The molecule has 3 nitrogen and oxygen atoms in total. The molecule has 0 aromatic carbocycles. The highest BCUT2D eigenvalue weighted by atomic mass is 16.7. The number of carbonyl (C=O) groups is 1. The van der Waals surface area contributed by atoms with Gasteiger partial charge in [0.15, 0.2) is 0 Å². The van der Waals surface area contributed by atoms with E-state index in [1.807, 2.05) is 6.92 Å². The Bertz CT molecular complexity index is 179. The Morgan fingerprint density at radius 2 is 2.21 bits per heavy atom. The quantitative estimate of drug-likeness (QED) is 0.505. The van der Waals surface area contributed by atoms with E-state index in [0.29, 0.717) is 6.42 Å². The van der Waals surface area contributed by atoms with Gasteiger partial charge in [-0.2, -0.15) is 0 Å². The number of unbranched alkanes of at least 4 members (excludes halogenated alkanes) is 2. The summed E-state index contributed by atoms with van der Waals surface area (Å²) in [5.74, 6) is -0.113. The predicted molar refractivity (Wildman–Crippen MR) is 53.8 cm³/mol. The Morgan fingerprint density at radius 3 is 2.79 bits per heavy atom. The zero-order chi connectivity index (χ0) is 10.4. The van der Waals surface area contributed by atoms with E-state index in [0.717, 1.165) is 32.1 Å². The van der Waals surface area contributed by atoms with Crippen LogP contribution in [0.25, 0.3) is 0 Å². The van der Waals surface area contributed by atoms with Gasteiger partial charge in [0.05, 0.1) is 6.10 Å². The van der Waals surface area contributed by atoms with Gasteiger partial charge < -0.3 is 9.47 Å². The van der Waals surface area contributed by atoms with E-state index in [4.69, 9.17) is 9.47 Å². The van der Waals surface area contributed by atoms with Gasteiger partial charge >= 0.3 is 5.97 Å². The second kappa shape index (κ2) is 6.02. The monoisotopic (exact) mass is 200 g/mol. The highest BCUT2D eigenvalue weighted by Crippen LogP contribution is 2.20. The van der Waals surface area contributed by atoms with Gasteiger partial charge in [-0.15, -0.1) is 0 Å². The van der Waals surface area contributed by atoms with Gasteiger partial charge in [-0.1, -0.05) is 19.8 Å². The normalized spacial score (nSPS) is 26.4. The lowest BCUT2D eigenvalue weighted by molar-refractivity contribution is -0.174. The first-order chi connectivity index (χ1) is 6.72. The molecule has 0 aromatic heterocycles. The summed E-state index contributed by atoms with van der Waals surface area (Å²) in [4.78, 5) is 11.3. The van der Waals surface area contributed by atoms with Crippen molar-refractivity contribution in [1.82, 2.24) is 0 Å². The number of carbonyl (C=O) groups excluding carboxylic acids is 1. The Labute approximate surface area is 85.8 Å². The number of hydrogen-bond acceptors (Lipinski definition) is 3. The second-order valence-corrected chi connectivity index (χ2v) is 3.90. The summed E-state index contributed by atoms with van der Waals surface area (Å²) in [6, 6.07) is 0. The van der Waals surface area contributed by atoms with Crippen LogP contribution in [0.2, 0.25) is 0 Å². The fourth-order valence-corrected chi connectivity index (χ4v) is 1.58. The maximum Gasteiger partial charge on any atom is 0.308 e. The Hall–Kier alpha value is -0.570. The van der Waals surface area contributed by atoms with Gasteiger partial charge in [0.2, 0.25) is 6.29 Å². The molecule has 0 saturated carbocycles. The zero-order valence-electron chi connectivity index (χ0n) is 9.12. The van der Waals surface area contributed by atoms with Crippen LogP contribution in [0.3, 0.4) is 0 Å². The molecule has 1 heterocycles. The first-order valence-corrected chi connectivity index (χ1v) is 5.57. The summed E-state index contributed by atoms with van der Waals surface area (Å²) in [5.41, 5.74) is 0. The Balaban J connectivity index is 2.08. The average Bonchev–Trinajstić information content (AvgIpc) is 2.52. The van der Waals surface area contributed by atoms with Crippen molar-refractivity contribution in [2.75, 3.05) is 0 Å². The molecule has 2 unspecified atom stereocenters. The van der Waals surface area contributed by atoms with Crippen molar-refractivity contribution < 1.29 is 14.3 Å². The predicted octanol–water partition coefficient (Wildman–Crippen LogP) is 2.63. The van der Waals surface area contributed by atoms with Gasteiger partial charge in [-0.25, -0.2) is 0 Å². The van der Waals surface area contributed by atoms with Gasteiger partial charge in [-0.3, -0.25) is 4.79 Å². The molecule has 0 aromatic rings. The van der Waals surface area contributed by atoms with Crippen molar-refractivity contribution in [2.24, 2.45) is 0 Å². The van der Waals surface area contributed by atoms with Crippen LogP contribution in [0.4, 0.5) is 0 Å². The van der Waals surface area contributed by atoms with Crippen molar-refractivity contribution in [3.8, 4) is 0 Å². The van der Waals surface area contributed by atoms with Crippen molar-refractivity contribution >= 4 is 5.97 Å². The molecule has 0 spiro atoms. The number of ether oxygens (including phenoxy) is 2. The fraction of sp³-hybridized carbons (Fsp3) is 0.909. The van der Waals surface area contributed by atoms with Crippen molar-refractivity contribution in [3.05, 3.63) is 0 Å². The summed E-state index contributed by atoms with van der Waals surface area (Å²) < 4.78 is 10.6. The van der Waals surface area contributed by atoms with Crippen molar-refractivity contribution in [3.63, 3.8) is 0 Å². The molecule has 2 atom stereocenters. The maximum absolute atomic E-state index is 11.3. The summed E-state index contributed by atoms with van der Waals surface area (Å²) in [6.45, 7) is 4.12. The molecule has 0 N–H and O–H groups in total. The Kier molecular flexibility index (Phi) is 4.94. The van der Waals surface area contributed by atoms with Gasteiger partial charge in [0.1, 0.15) is 0 Å². The molecule has 0 radical (unpaired) electrons. The highest BCUT2D eigenvalue weighted by Gasteiger charge is 2.24. The zero-order valence-corrected chi connectivity index (χ0v) is 9.12. The molecule has 1 aliphatic heterocycles. The lowest BCUT2D eigenvalue weighted by Crippen LogP contribution is -2.17. The topological polar surface area (TPSA) is 35.5 Å². The average molecular weight is 200 g/mol. The third kappa shape index (κ3) is 4.09. The molecular weight excluding hydrogens is 180 g/mol. The molecular formula is C11H20O3. The molecule has 3 heteroatoms. The SMILES string of the molecule is CCCCCC(=O)OC1CCC(C)O1. The summed E-state index contributed by atoms with van der Waals surface area (Å²) in [7, 11) is 0. The van der Waals surface area contributed by atoms with E-state index in [2.05, 4.69) is 6.92 Å². The van der Waals surface area contributed by atoms with Crippen LogP contribution < -0.4 is 0 Å². The lowest BCUT2D eigenvalue weighted by atomic mass is 10.2. The molecule has 0 amide bonds. The third-order valence-corrected chi connectivity index (χ3v) is 2.44. The number of rotatable bonds is 5. The van der Waals surface area contributed by atoms with E-state index in [1.54, 1.807) is 0 Å². The van der Waals surface area contributed by atoms with Crippen LogP contribution in [0.5, 0.6) is 0 Å². The largest absolute Gasteiger partial charge is 0.436 e. The summed E-state index contributed by atoms with van der Waals surface area (Å²) in [5, 5.41) is 0. The second-order valence-electron chi connectivity index (χ2n) is 3.90. The lowest BCUT2D eigenvalue weighted by Gasteiger charge is -2.11. The molecule has 1 rings (SSSR count). The molecule has 1 fully saturated rings. The standard InChI is InChI=1S/C11H20O3/c1-3-4-5-6-10(12)14-11-8-7-9(2)13-11/h9,11H,3-8H2,1-2H3. The minimum Gasteiger partial charge on any atom is -0.436 e. The molecule has 1 aliphatic rings. The van der Waals surface area contributed by atoms with E-state index in [9.17, 15) is 4.79 Å². The van der Waals surface area contributed by atoms with Gasteiger partial charge in [-0.05, 0) is 19.8 Å². The van der Waals surface area contributed by atoms with E-state index < -0.39 is 0 Å². The van der Waals surface area contributed by atoms with Crippen LogP contribution >= 0.6 is 0 Å². The smallest absolute Gasteiger partial charge is 0.308 e. The minimum absolute atomic E-state index is 0.113. The summed E-state index contributed by atoms with van der Waals surface area (Å²) in [6.07, 6.45) is 5.48. The van der Waals surface area contributed by atoms with Crippen LogP contribution in [0.15, 0.2) is 0 Å². The van der Waals surface area contributed by atoms with Crippen LogP contribution in [-0.2, 0) is 14.3 Å². The molecule has 0 aliphatic carbocycles. The first-order valence-electron chi connectivity index (χ1n) is 5.57. The fourth-order valence-electron chi connectivity index (χ4n) is 1.58. The molecule has 14 heavy (non-hydrogen) atoms. The van der Waals surface area contributed by atoms with Crippen molar-refractivity contribution in [1.29, 1.82) is 0 Å². The van der Waals surface area contributed by atoms with Crippen LogP contribution in [0.1, 0.15) is 52.4 Å². The highest BCUT2D eigenvalue weighted by molar-refractivity contribution is 5.69. The Morgan fingerprint density at radius 1 is 1.43 bits per heavy atom. The molecule has 1 saturated heterocycles. The van der Waals surface area contributed by atoms with Gasteiger partial charge in [0, 0.05) is 12.8 Å². The van der Waals surface area contributed by atoms with Crippen molar-refractivity contribution in [2.45, 2.75) is 64.8 Å². The number of esters is 1. The van der Waals surface area contributed by atoms with E-state index in [-0.39, 0.29) is 18.4 Å². The molecule has 82 valence electrons. The summed E-state index contributed by atoms with van der Waals surface area (Å²) >= 11 is 0. The molecule has 0 bridgehead atoms.